The van der Waals surface area contributed by atoms with E-state index < -0.39 is 23.6 Å². The molecular weight excluding hydrogens is 336 g/mol. The quantitative estimate of drug-likeness (QED) is 0.637. The predicted octanol–water partition coefficient (Wildman–Crippen LogP) is 3.89. The van der Waals surface area contributed by atoms with Crippen LogP contribution in [-0.2, 0) is 9.53 Å². The van der Waals surface area contributed by atoms with Crippen LogP contribution in [0.2, 0.25) is 4.34 Å². The number of hydrogen-bond donors (Lipinski definition) is 1. The van der Waals surface area contributed by atoms with Gasteiger partial charge in [-0.1, -0.05) is 11.6 Å². The molecule has 1 N–H and O–H groups in total. The normalized spacial score (nSPS) is 12.9. The number of esters is 1. The Hall–Kier alpha value is -1.73. The number of carbonyl (C=O) groups excluding carboxylic acids is 2. The first-order valence-electron chi connectivity index (χ1n) is 6.35. The molecule has 8 heteroatoms. The van der Waals surface area contributed by atoms with E-state index >= 15 is 0 Å². The monoisotopic (exact) mass is 347 g/mol. The summed E-state index contributed by atoms with van der Waals surface area (Å²) in [4.78, 5) is 26.6. The maximum absolute atomic E-state index is 14.4. The van der Waals surface area contributed by atoms with Crippen LogP contribution < -0.4 is 0 Å². The Morgan fingerprint density at radius 1 is 1.41 bits per heavy atom. The van der Waals surface area contributed by atoms with Crippen LogP contribution in [0, 0.1) is 0 Å². The molecule has 2 aromatic heterocycles. The van der Waals surface area contributed by atoms with Gasteiger partial charge in [0.15, 0.2) is 5.78 Å². The third kappa shape index (κ3) is 3.20. The second kappa shape index (κ2) is 6.58. The number of aromatic nitrogens is 1. The fraction of sp³-hybridized carbons (Fsp3) is 0.286. The van der Waals surface area contributed by atoms with Crippen LogP contribution >= 0.6 is 22.9 Å². The topological polar surface area (TPSA) is 59.2 Å². The number of ether oxygens (including phenoxy) is 1. The lowest BCUT2D eigenvalue weighted by Crippen LogP contribution is -2.41. The third-order valence-corrected chi connectivity index (χ3v) is 4.17. The number of thiophene rings is 1. The molecular formula is C14H12ClF2NO3S. The summed E-state index contributed by atoms with van der Waals surface area (Å²) >= 11 is 6.62. The maximum Gasteiger partial charge on any atom is 0.378 e. The van der Waals surface area contributed by atoms with Crippen molar-refractivity contribution in [1.82, 2.24) is 4.98 Å². The highest BCUT2D eigenvalue weighted by Gasteiger charge is 2.54. The SMILES string of the molecule is CCOC(=O)C(F)(F)C(C(=O)c1ccc(Cl)s1)c1ccc[nH]1. The van der Waals surface area contributed by atoms with Gasteiger partial charge in [0.25, 0.3) is 0 Å². The zero-order valence-electron chi connectivity index (χ0n) is 11.4. The molecule has 118 valence electrons. The average Bonchev–Trinajstić information content (AvgIpc) is 3.10. The van der Waals surface area contributed by atoms with E-state index in [0.717, 1.165) is 11.3 Å². The van der Waals surface area contributed by atoms with Gasteiger partial charge in [-0.2, -0.15) is 8.78 Å². The Morgan fingerprint density at radius 3 is 2.64 bits per heavy atom. The lowest BCUT2D eigenvalue weighted by atomic mass is 9.92. The molecule has 2 rings (SSSR count). The van der Waals surface area contributed by atoms with Crippen molar-refractivity contribution in [2.24, 2.45) is 0 Å². The van der Waals surface area contributed by atoms with E-state index in [9.17, 15) is 18.4 Å². The Morgan fingerprint density at radius 2 is 2.14 bits per heavy atom. The zero-order valence-corrected chi connectivity index (χ0v) is 13.0. The summed E-state index contributed by atoms with van der Waals surface area (Å²) in [6, 6.07) is 5.59. The highest BCUT2D eigenvalue weighted by molar-refractivity contribution is 7.18. The van der Waals surface area contributed by atoms with E-state index in [0.29, 0.717) is 4.34 Å². The van der Waals surface area contributed by atoms with Crippen molar-refractivity contribution < 1.29 is 23.1 Å². The molecule has 0 saturated carbocycles. The number of aromatic amines is 1. The first-order chi connectivity index (χ1) is 10.4. The van der Waals surface area contributed by atoms with Crippen LogP contribution in [0.4, 0.5) is 8.78 Å². The summed E-state index contributed by atoms with van der Waals surface area (Å²) in [6.45, 7) is 1.21. The number of nitrogens with one attached hydrogen (secondary N) is 1. The molecule has 0 saturated heterocycles. The summed E-state index contributed by atoms with van der Waals surface area (Å²) < 4.78 is 33.6. The molecule has 2 aromatic rings. The van der Waals surface area contributed by atoms with E-state index in [4.69, 9.17) is 11.6 Å². The molecule has 0 bridgehead atoms. The number of Topliss-reactive ketones (excluding diaryl/α,β-unsaturated/α-hetero) is 1. The van der Waals surface area contributed by atoms with E-state index in [1.807, 2.05) is 0 Å². The van der Waals surface area contributed by atoms with Crippen LogP contribution in [0.5, 0.6) is 0 Å². The van der Waals surface area contributed by atoms with Crippen molar-refractivity contribution in [3.05, 3.63) is 45.4 Å². The molecule has 1 unspecified atom stereocenters. The number of ketones is 1. The molecule has 22 heavy (non-hydrogen) atoms. The van der Waals surface area contributed by atoms with Crippen LogP contribution in [0.3, 0.4) is 0 Å². The summed E-state index contributed by atoms with van der Waals surface area (Å²) in [7, 11) is 0. The van der Waals surface area contributed by atoms with Gasteiger partial charge in [-0.25, -0.2) is 4.79 Å². The van der Waals surface area contributed by atoms with E-state index in [1.54, 1.807) is 0 Å². The van der Waals surface area contributed by atoms with Crippen molar-refractivity contribution in [2.75, 3.05) is 6.61 Å². The van der Waals surface area contributed by atoms with Crippen LogP contribution in [0.1, 0.15) is 28.2 Å². The number of rotatable bonds is 6. The summed E-state index contributed by atoms with van der Waals surface area (Å²) in [6.07, 6.45) is 1.40. The molecule has 1 atom stereocenters. The van der Waals surface area contributed by atoms with Gasteiger partial charge in [0.05, 0.1) is 15.8 Å². The predicted molar refractivity (Wildman–Crippen MR) is 78.8 cm³/mol. The fourth-order valence-corrected chi connectivity index (χ4v) is 2.97. The second-order valence-electron chi connectivity index (χ2n) is 4.37. The number of halogens is 3. The fourth-order valence-electron chi connectivity index (χ4n) is 1.96. The summed E-state index contributed by atoms with van der Waals surface area (Å²) in [5, 5.41) is 0. The lowest BCUT2D eigenvalue weighted by Gasteiger charge is -2.23. The van der Waals surface area contributed by atoms with E-state index in [1.165, 1.54) is 37.4 Å². The van der Waals surface area contributed by atoms with Crippen molar-refractivity contribution >= 4 is 34.7 Å². The van der Waals surface area contributed by atoms with Crippen molar-refractivity contribution in [2.45, 2.75) is 18.8 Å². The largest absolute Gasteiger partial charge is 0.462 e. The van der Waals surface area contributed by atoms with Crippen molar-refractivity contribution in [3.8, 4) is 0 Å². The van der Waals surface area contributed by atoms with Crippen LogP contribution in [0.15, 0.2) is 30.5 Å². The van der Waals surface area contributed by atoms with Gasteiger partial charge < -0.3 is 9.72 Å². The highest BCUT2D eigenvalue weighted by atomic mass is 35.5. The Labute approximate surface area is 134 Å². The average molecular weight is 348 g/mol. The third-order valence-electron chi connectivity index (χ3n) is 2.92. The molecule has 0 aromatic carbocycles. The van der Waals surface area contributed by atoms with E-state index in [-0.39, 0.29) is 17.2 Å². The van der Waals surface area contributed by atoms with Gasteiger partial charge in [0.2, 0.25) is 0 Å². The molecule has 0 amide bonds. The van der Waals surface area contributed by atoms with Gasteiger partial charge in [-0.3, -0.25) is 4.79 Å². The van der Waals surface area contributed by atoms with Crippen molar-refractivity contribution in [1.29, 1.82) is 0 Å². The molecule has 0 aliphatic heterocycles. The Kier molecular flexibility index (Phi) is 4.97. The molecule has 0 radical (unpaired) electrons. The van der Waals surface area contributed by atoms with Crippen molar-refractivity contribution in [3.63, 3.8) is 0 Å². The minimum atomic E-state index is -3.99. The Balaban J connectivity index is 2.44. The summed E-state index contributed by atoms with van der Waals surface area (Å²) in [5.74, 6) is -8.60. The number of hydrogen-bond acceptors (Lipinski definition) is 4. The highest BCUT2D eigenvalue weighted by Crippen LogP contribution is 2.38. The second-order valence-corrected chi connectivity index (χ2v) is 6.09. The van der Waals surface area contributed by atoms with Gasteiger partial charge in [0.1, 0.15) is 5.92 Å². The molecule has 0 aliphatic rings. The van der Waals surface area contributed by atoms with Gasteiger partial charge >= 0.3 is 11.9 Å². The van der Waals surface area contributed by atoms with Gasteiger partial charge in [-0.05, 0) is 31.2 Å². The standard InChI is InChI=1S/C14H12ClF2NO3S/c1-2-21-13(20)14(16,17)11(8-4-3-7-18-8)12(19)9-5-6-10(15)22-9/h3-7,11,18H,2H2,1H3. The van der Waals surface area contributed by atoms with Crippen LogP contribution in [0.25, 0.3) is 0 Å². The van der Waals surface area contributed by atoms with Crippen LogP contribution in [-0.4, -0.2) is 29.3 Å². The molecule has 0 fully saturated rings. The lowest BCUT2D eigenvalue weighted by molar-refractivity contribution is -0.173. The summed E-state index contributed by atoms with van der Waals surface area (Å²) in [5.41, 5.74) is -0.0624. The smallest absolute Gasteiger partial charge is 0.378 e. The van der Waals surface area contributed by atoms with E-state index in [2.05, 4.69) is 9.72 Å². The molecule has 2 heterocycles. The first kappa shape index (κ1) is 16.6. The minimum absolute atomic E-state index is 0.0496. The first-order valence-corrected chi connectivity index (χ1v) is 7.55. The Bertz CT molecular complexity index is 669. The molecule has 0 spiro atoms. The minimum Gasteiger partial charge on any atom is -0.462 e. The maximum atomic E-state index is 14.4. The van der Waals surface area contributed by atoms with Gasteiger partial charge in [-0.15, -0.1) is 11.3 Å². The number of alkyl halides is 2. The molecule has 4 nitrogen and oxygen atoms in total. The zero-order chi connectivity index (χ0) is 16.3. The molecule has 0 aliphatic carbocycles. The van der Waals surface area contributed by atoms with Gasteiger partial charge in [0, 0.05) is 11.9 Å². The number of H-pyrrole nitrogens is 1. The number of carbonyl (C=O) groups is 2.